The fraction of sp³-hybridized carbons (Fsp3) is 0.300. The molecule has 3 aliphatic rings. The summed E-state index contributed by atoms with van der Waals surface area (Å²) in [6.45, 7) is 4.25. The average Bonchev–Trinajstić information content (AvgIpc) is 2.73. The van der Waals surface area contributed by atoms with Crippen molar-refractivity contribution in [3.63, 3.8) is 0 Å². The van der Waals surface area contributed by atoms with Crippen LogP contribution in [0.25, 0.3) is 0 Å². The van der Waals surface area contributed by atoms with Crippen molar-refractivity contribution in [2.75, 3.05) is 26.2 Å². The molecule has 0 saturated carbocycles. The predicted molar refractivity (Wildman–Crippen MR) is 106 cm³/mol. The van der Waals surface area contributed by atoms with Crippen molar-refractivity contribution in [1.82, 2.24) is 14.5 Å². The number of sulfonamides is 1. The summed E-state index contributed by atoms with van der Waals surface area (Å²) in [5.41, 5.74) is 3.01. The third kappa shape index (κ3) is 3.44. The van der Waals surface area contributed by atoms with Crippen LogP contribution in [0.2, 0.25) is 0 Å². The molecular weight excluding hydrogens is 360 g/mol. The number of benzene rings is 1. The highest BCUT2D eigenvalue weighted by atomic mass is 32.2. The van der Waals surface area contributed by atoms with E-state index < -0.39 is 10.0 Å². The number of piperazine rings is 1. The van der Waals surface area contributed by atoms with Crippen LogP contribution in [0.15, 0.2) is 75.7 Å². The maximum atomic E-state index is 12.8. The molecule has 2 heterocycles. The van der Waals surface area contributed by atoms with Crippen LogP contribution in [0.1, 0.15) is 13.3 Å². The number of nitrogens with zero attached hydrogens (tertiary/aromatic N) is 3. The van der Waals surface area contributed by atoms with E-state index >= 15 is 0 Å². The molecule has 0 unspecified atom stereocenters. The van der Waals surface area contributed by atoms with Crippen molar-refractivity contribution in [3.05, 3.63) is 72.2 Å². The van der Waals surface area contributed by atoms with Gasteiger partial charge in [0.05, 0.1) is 22.0 Å². The van der Waals surface area contributed by atoms with Gasteiger partial charge in [0.2, 0.25) is 10.0 Å². The van der Waals surface area contributed by atoms with Crippen molar-refractivity contribution < 1.29 is 8.42 Å². The molecule has 0 atom stereocenters. The number of hydrogen-bond acceptors (Lipinski definition) is 5. The minimum absolute atomic E-state index is 0.352. The van der Waals surface area contributed by atoms with Gasteiger partial charge in [-0.15, -0.1) is 0 Å². The molecule has 0 spiro atoms. The molecule has 0 aromatic heterocycles. The number of hydrogen-bond donors (Lipinski definition) is 1. The lowest BCUT2D eigenvalue weighted by Gasteiger charge is -2.37. The maximum absolute atomic E-state index is 12.8. The van der Waals surface area contributed by atoms with Gasteiger partial charge in [-0.3, -0.25) is 0 Å². The van der Waals surface area contributed by atoms with Crippen LogP contribution in [-0.4, -0.2) is 49.5 Å². The predicted octanol–water partition coefficient (Wildman–Crippen LogP) is 2.27. The summed E-state index contributed by atoms with van der Waals surface area (Å²) < 4.78 is 27.2. The van der Waals surface area contributed by atoms with Gasteiger partial charge in [-0.25, -0.2) is 13.4 Å². The lowest BCUT2D eigenvalue weighted by atomic mass is 10.1. The van der Waals surface area contributed by atoms with E-state index in [-0.39, 0.29) is 0 Å². The molecule has 0 bridgehead atoms. The molecule has 7 heteroatoms. The average molecular weight is 383 g/mol. The summed E-state index contributed by atoms with van der Waals surface area (Å²) in [6.07, 6.45) is 8.83. The lowest BCUT2D eigenvalue weighted by Crippen LogP contribution is -2.49. The molecule has 1 aromatic carbocycles. The molecule has 1 aliphatic carbocycles. The fourth-order valence-electron chi connectivity index (χ4n) is 3.47. The molecule has 1 fully saturated rings. The van der Waals surface area contributed by atoms with Crippen LogP contribution in [0.5, 0.6) is 0 Å². The number of nitrogens with one attached hydrogen (secondary N) is 1. The largest absolute Gasteiger partial charge is 0.354 e. The Morgan fingerprint density at radius 1 is 1.07 bits per heavy atom. The van der Waals surface area contributed by atoms with Gasteiger partial charge in [0.15, 0.2) is 0 Å². The van der Waals surface area contributed by atoms with E-state index in [4.69, 9.17) is 4.99 Å². The van der Waals surface area contributed by atoms with Gasteiger partial charge in [-0.05, 0) is 24.6 Å². The fourth-order valence-corrected chi connectivity index (χ4v) is 4.91. The second kappa shape index (κ2) is 7.32. The van der Waals surface area contributed by atoms with Crippen LogP contribution in [0, 0.1) is 6.42 Å². The molecule has 1 radical (unpaired) electrons. The van der Waals surface area contributed by atoms with Crippen LogP contribution < -0.4 is 5.32 Å². The van der Waals surface area contributed by atoms with Gasteiger partial charge in [0, 0.05) is 32.6 Å². The standard InChI is InChI=1S/C20H23N4O2S/c1-2-17-20(22-19-11-7-6-10-18(19)21-17)23-12-14-24(15-13-23)27(25,26)16-8-4-3-5-9-16/h3-11,21H,2,12-15H2,1H3. The van der Waals surface area contributed by atoms with E-state index in [1.807, 2.05) is 30.7 Å². The molecule has 1 aromatic rings. The van der Waals surface area contributed by atoms with E-state index in [9.17, 15) is 8.42 Å². The van der Waals surface area contributed by atoms with Gasteiger partial charge in [0.25, 0.3) is 0 Å². The molecule has 27 heavy (non-hydrogen) atoms. The van der Waals surface area contributed by atoms with Crippen molar-refractivity contribution in [1.29, 1.82) is 0 Å². The van der Waals surface area contributed by atoms with Gasteiger partial charge in [0.1, 0.15) is 5.82 Å². The highest BCUT2D eigenvalue weighted by Gasteiger charge is 2.31. The van der Waals surface area contributed by atoms with Gasteiger partial charge in [-0.1, -0.05) is 37.3 Å². The summed E-state index contributed by atoms with van der Waals surface area (Å²) >= 11 is 0. The van der Waals surface area contributed by atoms with E-state index in [0.29, 0.717) is 31.1 Å². The minimum atomic E-state index is -3.44. The molecule has 141 valence electrons. The van der Waals surface area contributed by atoms with Crippen molar-refractivity contribution in [3.8, 4) is 0 Å². The minimum Gasteiger partial charge on any atom is -0.354 e. The maximum Gasteiger partial charge on any atom is 0.243 e. The topological polar surface area (TPSA) is 65.0 Å². The number of fused-ring (bicyclic) bond motifs is 1. The van der Waals surface area contributed by atoms with Crippen molar-refractivity contribution >= 4 is 15.7 Å². The Hall–Kier alpha value is -2.38. The Balaban J connectivity index is 1.51. The Bertz CT molecular complexity index is 937. The third-order valence-electron chi connectivity index (χ3n) is 4.96. The quantitative estimate of drug-likeness (QED) is 0.866. The highest BCUT2D eigenvalue weighted by Crippen LogP contribution is 2.25. The Labute approximate surface area is 160 Å². The van der Waals surface area contributed by atoms with Crippen LogP contribution in [-0.2, 0) is 10.0 Å². The number of allylic oxidation sites excluding steroid dienone is 5. The zero-order valence-corrected chi connectivity index (χ0v) is 16.1. The highest BCUT2D eigenvalue weighted by molar-refractivity contribution is 7.89. The lowest BCUT2D eigenvalue weighted by molar-refractivity contribution is 0.224. The molecular formula is C20H23N4O2S. The SMILES string of the molecule is CCC1=C(N2CCN(S(=O)(=O)c3ccccc3)CC2)N=C2[CH]C=CC=C2N1. The number of rotatable bonds is 4. The zero-order valence-electron chi connectivity index (χ0n) is 15.3. The number of aliphatic imine (C=N–C) groups is 1. The van der Waals surface area contributed by atoms with Gasteiger partial charge >= 0.3 is 0 Å². The first-order valence-electron chi connectivity index (χ1n) is 9.20. The zero-order chi connectivity index (χ0) is 18.9. The summed E-state index contributed by atoms with van der Waals surface area (Å²) in [5, 5.41) is 3.47. The first-order valence-corrected chi connectivity index (χ1v) is 10.6. The summed E-state index contributed by atoms with van der Waals surface area (Å²) in [6, 6.07) is 8.63. The van der Waals surface area contributed by atoms with Crippen LogP contribution in [0.3, 0.4) is 0 Å². The monoisotopic (exact) mass is 383 g/mol. The van der Waals surface area contributed by atoms with E-state index in [0.717, 1.165) is 29.3 Å². The summed E-state index contributed by atoms with van der Waals surface area (Å²) in [4.78, 5) is 7.37. The van der Waals surface area contributed by atoms with Crippen molar-refractivity contribution in [2.24, 2.45) is 4.99 Å². The Morgan fingerprint density at radius 3 is 2.52 bits per heavy atom. The second-order valence-electron chi connectivity index (χ2n) is 6.61. The second-order valence-corrected chi connectivity index (χ2v) is 8.55. The Morgan fingerprint density at radius 2 is 1.81 bits per heavy atom. The summed E-state index contributed by atoms with van der Waals surface area (Å²) in [5.74, 6) is 0.924. The summed E-state index contributed by atoms with van der Waals surface area (Å²) in [7, 11) is -3.44. The smallest absolute Gasteiger partial charge is 0.243 e. The van der Waals surface area contributed by atoms with Crippen molar-refractivity contribution in [2.45, 2.75) is 18.2 Å². The van der Waals surface area contributed by atoms with E-state index in [1.165, 1.54) is 0 Å². The van der Waals surface area contributed by atoms with Crippen LogP contribution >= 0.6 is 0 Å². The third-order valence-corrected chi connectivity index (χ3v) is 6.87. The Kier molecular flexibility index (Phi) is 4.88. The molecule has 0 amide bonds. The molecule has 1 saturated heterocycles. The van der Waals surface area contributed by atoms with Gasteiger partial charge < -0.3 is 10.2 Å². The van der Waals surface area contributed by atoms with E-state index in [2.05, 4.69) is 17.1 Å². The van der Waals surface area contributed by atoms with Crippen LogP contribution in [0.4, 0.5) is 0 Å². The normalized spacial score (nSPS) is 20.7. The molecule has 6 nitrogen and oxygen atoms in total. The molecule has 2 aliphatic heterocycles. The first kappa shape index (κ1) is 18.0. The van der Waals surface area contributed by atoms with Gasteiger partial charge in [-0.2, -0.15) is 4.31 Å². The first-order chi connectivity index (χ1) is 13.1. The van der Waals surface area contributed by atoms with E-state index in [1.54, 1.807) is 28.6 Å². The molecule has 4 rings (SSSR count). The molecule has 1 N–H and O–H groups in total.